The highest BCUT2D eigenvalue weighted by molar-refractivity contribution is 7.99. The van der Waals surface area contributed by atoms with Crippen molar-refractivity contribution in [3.05, 3.63) is 29.8 Å². The zero-order valence-electron chi connectivity index (χ0n) is 11.4. The van der Waals surface area contributed by atoms with Crippen LogP contribution in [0.4, 0.5) is 0 Å². The standard InChI is InChI=1S/C14H23NO2S/c1-14(2,16)11-18-13-6-4-12(5-7-13)10-15-8-9-17-3/h4-7,15-16H,8-11H2,1-3H3. The van der Waals surface area contributed by atoms with Crippen molar-refractivity contribution in [1.82, 2.24) is 5.32 Å². The molecule has 2 N–H and O–H groups in total. The number of ether oxygens (including phenoxy) is 1. The Labute approximate surface area is 114 Å². The molecule has 0 saturated heterocycles. The van der Waals surface area contributed by atoms with E-state index in [1.165, 1.54) is 10.5 Å². The van der Waals surface area contributed by atoms with Crippen molar-refractivity contribution >= 4 is 11.8 Å². The van der Waals surface area contributed by atoms with Gasteiger partial charge in [-0.3, -0.25) is 0 Å². The van der Waals surface area contributed by atoms with Crippen LogP contribution in [0.2, 0.25) is 0 Å². The molecule has 0 atom stereocenters. The zero-order valence-corrected chi connectivity index (χ0v) is 12.2. The van der Waals surface area contributed by atoms with E-state index in [0.29, 0.717) is 5.75 Å². The Hall–Kier alpha value is -0.550. The third-order valence-corrected chi connectivity index (χ3v) is 3.78. The van der Waals surface area contributed by atoms with Crippen molar-refractivity contribution in [1.29, 1.82) is 0 Å². The van der Waals surface area contributed by atoms with Crippen molar-refractivity contribution in [3.63, 3.8) is 0 Å². The highest BCUT2D eigenvalue weighted by atomic mass is 32.2. The van der Waals surface area contributed by atoms with E-state index in [1.807, 2.05) is 13.8 Å². The molecule has 0 bridgehead atoms. The molecule has 0 unspecified atom stereocenters. The smallest absolute Gasteiger partial charge is 0.0685 e. The van der Waals surface area contributed by atoms with E-state index < -0.39 is 5.60 Å². The fourth-order valence-corrected chi connectivity index (χ4v) is 2.22. The van der Waals surface area contributed by atoms with E-state index in [-0.39, 0.29) is 0 Å². The molecule has 0 radical (unpaired) electrons. The molecule has 0 amide bonds. The van der Waals surface area contributed by atoms with Gasteiger partial charge in [-0.2, -0.15) is 0 Å². The van der Waals surface area contributed by atoms with Crippen LogP contribution in [0.25, 0.3) is 0 Å². The second-order valence-corrected chi connectivity index (χ2v) is 5.96. The van der Waals surface area contributed by atoms with Crippen LogP contribution in [0.5, 0.6) is 0 Å². The van der Waals surface area contributed by atoms with Gasteiger partial charge in [0.15, 0.2) is 0 Å². The topological polar surface area (TPSA) is 41.5 Å². The lowest BCUT2D eigenvalue weighted by molar-refractivity contribution is 0.107. The summed E-state index contributed by atoms with van der Waals surface area (Å²) >= 11 is 1.68. The number of thioether (sulfide) groups is 1. The lowest BCUT2D eigenvalue weighted by atomic mass is 10.2. The van der Waals surface area contributed by atoms with Gasteiger partial charge in [0.2, 0.25) is 0 Å². The van der Waals surface area contributed by atoms with Gasteiger partial charge in [0, 0.05) is 30.8 Å². The Kier molecular flexibility index (Phi) is 6.71. The fourth-order valence-electron chi connectivity index (χ4n) is 1.37. The predicted octanol–water partition coefficient (Wildman–Crippen LogP) is 2.29. The van der Waals surface area contributed by atoms with E-state index in [9.17, 15) is 5.11 Å². The molecule has 3 nitrogen and oxygen atoms in total. The van der Waals surface area contributed by atoms with E-state index >= 15 is 0 Å². The van der Waals surface area contributed by atoms with Gasteiger partial charge in [0.25, 0.3) is 0 Å². The minimum atomic E-state index is -0.620. The normalized spacial score (nSPS) is 11.8. The third-order valence-electron chi connectivity index (χ3n) is 2.33. The Morgan fingerprint density at radius 2 is 1.94 bits per heavy atom. The molecule has 0 spiro atoms. The molecule has 102 valence electrons. The van der Waals surface area contributed by atoms with Crippen molar-refractivity contribution in [3.8, 4) is 0 Å². The Morgan fingerprint density at radius 1 is 1.28 bits per heavy atom. The number of benzene rings is 1. The third kappa shape index (κ3) is 7.01. The SMILES string of the molecule is COCCNCc1ccc(SCC(C)(C)O)cc1. The molecule has 0 aliphatic rings. The minimum absolute atomic E-state index is 0.620. The maximum Gasteiger partial charge on any atom is 0.0685 e. The van der Waals surface area contributed by atoms with Crippen LogP contribution in [0.3, 0.4) is 0 Å². The lowest BCUT2D eigenvalue weighted by Gasteiger charge is -2.16. The summed E-state index contributed by atoms with van der Waals surface area (Å²) in [4.78, 5) is 1.19. The highest BCUT2D eigenvalue weighted by Gasteiger charge is 2.12. The van der Waals surface area contributed by atoms with Crippen LogP contribution in [0.15, 0.2) is 29.2 Å². The van der Waals surface area contributed by atoms with Gasteiger partial charge in [-0.15, -0.1) is 11.8 Å². The Bertz CT molecular complexity index is 333. The van der Waals surface area contributed by atoms with Gasteiger partial charge in [-0.05, 0) is 31.5 Å². The minimum Gasteiger partial charge on any atom is -0.390 e. The first-order chi connectivity index (χ1) is 8.51. The van der Waals surface area contributed by atoms with E-state index in [1.54, 1.807) is 18.9 Å². The number of hydrogen-bond donors (Lipinski definition) is 2. The quantitative estimate of drug-likeness (QED) is 0.561. The van der Waals surface area contributed by atoms with E-state index in [4.69, 9.17) is 4.74 Å². The highest BCUT2D eigenvalue weighted by Crippen LogP contribution is 2.22. The summed E-state index contributed by atoms with van der Waals surface area (Å²) in [6.07, 6.45) is 0. The summed E-state index contributed by atoms with van der Waals surface area (Å²) in [5.74, 6) is 0.707. The zero-order chi connectivity index (χ0) is 13.4. The van der Waals surface area contributed by atoms with Crippen LogP contribution in [-0.2, 0) is 11.3 Å². The Morgan fingerprint density at radius 3 is 2.50 bits per heavy atom. The van der Waals surface area contributed by atoms with Gasteiger partial charge in [-0.25, -0.2) is 0 Å². The average molecular weight is 269 g/mol. The van der Waals surface area contributed by atoms with Crippen molar-refractivity contribution in [2.24, 2.45) is 0 Å². The number of aliphatic hydroxyl groups is 1. The largest absolute Gasteiger partial charge is 0.390 e. The first-order valence-electron chi connectivity index (χ1n) is 6.15. The second kappa shape index (κ2) is 7.79. The lowest BCUT2D eigenvalue weighted by Crippen LogP contribution is -2.21. The first kappa shape index (κ1) is 15.5. The number of nitrogens with one attached hydrogen (secondary N) is 1. The van der Waals surface area contributed by atoms with Crippen LogP contribution in [-0.4, -0.2) is 36.7 Å². The summed E-state index contributed by atoms with van der Waals surface area (Å²) in [5, 5.41) is 13.0. The summed E-state index contributed by atoms with van der Waals surface area (Å²) < 4.78 is 4.97. The monoisotopic (exact) mass is 269 g/mol. The number of rotatable bonds is 8. The molecule has 0 aliphatic carbocycles. The van der Waals surface area contributed by atoms with Crippen LogP contribution in [0, 0.1) is 0 Å². The van der Waals surface area contributed by atoms with Gasteiger partial charge in [0.1, 0.15) is 0 Å². The summed E-state index contributed by atoms with van der Waals surface area (Å²) in [7, 11) is 1.70. The van der Waals surface area contributed by atoms with Crippen molar-refractivity contribution in [2.75, 3.05) is 26.0 Å². The fraction of sp³-hybridized carbons (Fsp3) is 0.571. The van der Waals surface area contributed by atoms with Gasteiger partial charge >= 0.3 is 0 Å². The molecule has 1 aromatic carbocycles. The second-order valence-electron chi connectivity index (χ2n) is 4.91. The van der Waals surface area contributed by atoms with Gasteiger partial charge < -0.3 is 15.2 Å². The molecule has 4 heteroatoms. The molecule has 0 saturated carbocycles. The molecule has 0 aromatic heterocycles. The van der Waals surface area contributed by atoms with Crippen molar-refractivity contribution in [2.45, 2.75) is 30.9 Å². The maximum atomic E-state index is 9.66. The van der Waals surface area contributed by atoms with E-state index in [2.05, 4.69) is 29.6 Å². The molecule has 1 aromatic rings. The average Bonchev–Trinajstić information content (AvgIpc) is 2.33. The maximum absolute atomic E-state index is 9.66. The van der Waals surface area contributed by atoms with E-state index in [0.717, 1.165) is 19.7 Å². The molecule has 0 fully saturated rings. The molecular formula is C14H23NO2S. The van der Waals surface area contributed by atoms with Crippen LogP contribution in [0.1, 0.15) is 19.4 Å². The van der Waals surface area contributed by atoms with Crippen molar-refractivity contribution < 1.29 is 9.84 Å². The van der Waals surface area contributed by atoms with Crippen LogP contribution < -0.4 is 5.32 Å². The molecule has 0 aliphatic heterocycles. The summed E-state index contributed by atoms with van der Waals surface area (Å²) in [6, 6.07) is 8.44. The summed E-state index contributed by atoms with van der Waals surface area (Å²) in [5.41, 5.74) is 0.643. The number of hydrogen-bond acceptors (Lipinski definition) is 4. The Balaban J connectivity index is 2.33. The molecular weight excluding hydrogens is 246 g/mol. The number of methoxy groups -OCH3 is 1. The van der Waals surface area contributed by atoms with Crippen LogP contribution >= 0.6 is 11.8 Å². The summed E-state index contributed by atoms with van der Waals surface area (Å²) in [6.45, 7) is 6.12. The first-order valence-corrected chi connectivity index (χ1v) is 7.13. The molecule has 0 heterocycles. The molecule has 1 rings (SSSR count). The molecule has 18 heavy (non-hydrogen) atoms. The van der Waals surface area contributed by atoms with Gasteiger partial charge in [0.05, 0.1) is 12.2 Å². The van der Waals surface area contributed by atoms with Gasteiger partial charge in [-0.1, -0.05) is 12.1 Å². The predicted molar refractivity (Wildman–Crippen MR) is 77.0 cm³/mol.